The number of nitrogens with zero attached hydrogens (tertiary/aromatic N) is 1. The SMILES string of the molecule is Cc1cc(C(=O)CN2CC3CCC2C3)c(C)[nH]1. The Morgan fingerprint density at radius 1 is 1.47 bits per heavy atom. The summed E-state index contributed by atoms with van der Waals surface area (Å²) < 4.78 is 0. The van der Waals surface area contributed by atoms with E-state index in [0.717, 1.165) is 29.4 Å². The molecule has 2 unspecified atom stereocenters. The third-order valence-corrected chi connectivity index (χ3v) is 4.32. The third-order valence-electron chi connectivity index (χ3n) is 4.32. The molecule has 3 rings (SSSR count). The molecule has 1 aromatic rings. The summed E-state index contributed by atoms with van der Waals surface area (Å²) in [5, 5.41) is 0. The molecule has 2 heterocycles. The van der Waals surface area contributed by atoms with E-state index in [1.165, 1.54) is 19.3 Å². The summed E-state index contributed by atoms with van der Waals surface area (Å²) >= 11 is 0. The third kappa shape index (κ3) is 1.93. The molecule has 1 saturated carbocycles. The van der Waals surface area contributed by atoms with Crippen molar-refractivity contribution >= 4 is 5.78 Å². The summed E-state index contributed by atoms with van der Waals surface area (Å²) in [7, 11) is 0. The lowest BCUT2D eigenvalue weighted by Gasteiger charge is -2.25. The van der Waals surface area contributed by atoms with Crippen molar-refractivity contribution in [3.05, 3.63) is 23.0 Å². The van der Waals surface area contributed by atoms with Gasteiger partial charge in [0.1, 0.15) is 0 Å². The summed E-state index contributed by atoms with van der Waals surface area (Å²) in [5.41, 5.74) is 2.97. The Morgan fingerprint density at radius 2 is 2.29 bits per heavy atom. The fourth-order valence-corrected chi connectivity index (χ4v) is 3.50. The Balaban J connectivity index is 1.69. The maximum atomic E-state index is 12.2. The first kappa shape index (κ1) is 11.0. The molecule has 1 saturated heterocycles. The summed E-state index contributed by atoms with van der Waals surface area (Å²) in [6.07, 6.45) is 3.99. The van der Waals surface area contributed by atoms with E-state index in [1.54, 1.807) is 0 Å². The molecule has 0 amide bonds. The number of rotatable bonds is 3. The van der Waals surface area contributed by atoms with E-state index < -0.39 is 0 Å². The van der Waals surface area contributed by atoms with Crippen LogP contribution in [0, 0.1) is 19.8 Å². The minimum Gasteiger partial charge on any atom is -0.362 e. The van der Waals surface area contributed by atoms with Gasteiger partial charge >= 0.3 is 0 Å². The van der Waals surface area contributed by atoms with Crippen molar-refractivity contribution in [2.24, 2.45) is 5.92 Å². The molecule has 0 radical (unpaired) electrons. The average Bonchev–Trinajstić information content (AvgIpc) is 2.93. The van der Waals surface area contributed by atoms with Crippen molar-refractivity contribution < 1.29 is 4.79 Å². The number of ketones is 1. The van der Waals surface area contributed by atoms with Gasteiger partial charge in [0.2, 0.25) is 0 Å². The van der Waals surface area contributed by atoms with Gasteiger partial charge < -0.3 is 4.98 Å². The molecule has 2 fully saturated rings. The highest BCUT2D eigenvalue weighted by Gasteiger charge is 2.38. The van der Waals surface area contributed by atoms with Gasteiger partial charge in [-0.1, -0.05) is 0 Å². The number of H-pyrrole nitrogens is 1. The molecule has 3 heteroatoms. The van der Waals surface area contributed by atoms with E-state index in [0.29, 0.717) is 12.6 Å². The Labute approximate surface area is 102 Å². The van der Waals surface area contributed by atoms with Crippen LogP contribution in [-0.4, -0.2) is 34.8 Å². The normalized spacial score (nSPS) is 27.9. The maximum Gasteiger partial charge on any atom is 0.178 e. The smallest absolute Gasteiger partial charge is 0.178 e. The average molecular weight is 232 g/mol. The molecule has 1 aliphatic heterocycles. The Hall–Kier alpha value is -1.09. The van der Waals surface area contributed by atoms with E-state index in [4.69, 9.17) is 0 Å². The Bertz CT molecular complexity index is 449. The topological polar surface area (TPSA) is 36.1 Å². The number of aromatic amines is 1. The van der Waals surface area contributed by atoms with Crippen LogP contribution in [0.2, 0.25) is 0 Å². The maximum absolute atomic E-state index is 12.2. The van der Waals surface area contributed by atoms with Crippen molar-refractivity contribution in [3.8, 4) is 0 Å². The lowest BCUT2D eigenvalue weighted by atomic mass is 10.1. The zero-order chi connectivity index (χ0) is 12.0. The number of carbonyl (C=O) groups excluding carboxylic acids is 1. The van der Waals surface area contributed by atoms with Crippen LogP contribution < -0.4 is 0 Å². The lowest BCUT2D eigenvalue weighted by molar-refractivity contribution is 0.0904. The predicted molar refractivity (Wildman–Crippen MR) is 67.3 cm³/mol. The molecular weight excluding hydrogens is 212 g/mol. The van der Waals surface area contributed by atoms with Crippen LogP contribution in [0.3, 0.4) is 0 Å². The van der Waals surface area contributed by atoms with Crippen molar-refractivity contribution in [2.75, 3.05) is 13.1 Å². The number of likely N-dealkylation sites (tertiary alicyclic amines) is 1. The van der Waals surface area contributed by atoms with Crippen molar-refractivity contribution in [1.29, 1.82) is 0 Å². The van der Waals surface area contributed by atoms with Gasteiger partial charge in [0.15, 0.2) is 5.78 Å². The van der Waals surface area contributed by atoms with Crippen LogP contribution in [0.25, 0.3) is 0 Å². The van der Waals surface area contributed by atoms with E-state index in [9.17, 15) is 4.79 Å². The molecule has 0 spiro atoms. The van der Waals surface area contributed by atoms with E-state index in [1.807, 2.05) is 19.9 Å². The zero-order valence-electron chi connectivity index (χ0n) is 10.6. The number of piperidine rings is 1. The fourth-order valence-electron chi connectivity index (χ4n) is 3.50. The second-order valence-corrected chi connectivity index (χ2v) is 5.68. The second kappa shape index (κ2) is 3.98. The summed E-state index contributed by atoms with van der Waals surface area (Å²) in [6.45, 7) is 5.73. The Kier molecular flexibility index (Phi) is 2.58. The van der Waals surface area contributed by atoms with E-state index in [-0.39, 0.29) is 5.78 Å². The van der Waals surface area contributed by atoms with Gasteiger partial charge in [-0.15, -0.1) is 0 Å². The highest BCUT2D eigenvalue weighted by atomic mass is 16.1. The van der Waals surface area contributed by atoms with Gasteiger partial charge in [0.05, 0.1) is 6.54 Å². The van der Waals surface area contributed by atoms with Crippen molar-refractivity contribution in [2.45, 2.75) is 39.2 Å². The first-order valence-corrected chi connectivity index (χ1v) is 6.57. The summed E-state index contributed by atoms with van der Waals surface area (Å²) in [5.74, 6) is 1.14. The van der Waals surface area contributed by atoms with Crippen LogP contribution in [0.1, 0.15) is 41.0 Å². The number of carbonyl (C=O) groups is 1. The first-order chi connectivity index (χ1) is 8.13. The highest BCUT2D eigenvalue weighted by Crippen LogP contribution is 2.37. The Morgan fingerprint density at radius 3 is 2.82 bits per heavy atom. The van der Waals surface area contributed by atoms with Crippen LogP contribution in [0.5, 0.6) is 0 Å². The minimum absolute atomic E-state index is 0.277. The van der Waals surface area contributed by atoms with E-state index in [2.05, 4.69) is 9.88 Å². The van der Waals surface area contributed by atoms with E-state index >= 15 is 0 Å². The first-order valence-electron chi connectivity index (χ1n) is 6.57. The van der Waals surface area contributed by atoms with Gasteiger partial charge in [-0.3, -0.25) is 9.69 Å². The molecule has 1 aromatic heterocycles. The molecule has 3 nitrogen and oxygen atoms in total. The highest BCUT2D eigenvalue weighted by molar-refractivity contribution is 5.98. The molecule has 92 valence electrons. The molecular formula is C14H20N2O. The van der Waals surface area contributed by atoms with Crippen LogP contribution in [0.4, 0.5) is 0 Å². The van der Waals surface area contributed by atoms with Crippen molar-refractivity contribution in [1.82, 2.24) is 9.88 Å². The van der Waals surface area contributed by atoms with Crippen LogP contribution >= 0.6 is 0 Å². The van der Waals surface area contributed by atoms with Gasteiger partial charge in [-0.05, 0) is 45.1 Å². The molecule has 17 heavy (non-hydrogen) atoms. The number of aryl methyl sites for hydroxylation is 2. The molecule has 2 aliphatic rings. The van der Waals surface area contributed by atoms with Gasteiger partial charge in [0.25, 0.3) is 0 Å². The molecule has 1 N–H and O–H groups in total. The van der Waals surface area contributed by atoms with Gasteiger partial charge in [0, 0.05) is 29.5 Å². The lowest BCUT2D eigenvalue weighted by Crippen LogP contribution is -2.36. The number of Topliss-reactive ketones (excluding diaryl/α,β-unsaturated/α-hetero) is 1. The largest absolute Gasteiger partial charge is 0.362 e. The molecule has 1 aliphatic carbocycles. The van der Waals surface area contributed by atoms with Gasteiger partial charge in [-0.25, -0.2) is 0 Å². The standard InChI is InChI=1S/C14H20N2O/c1-9-5-13(10(2)15-9)14(17)8-16-7-11-3-4-12(16)6-11/h5,11-12,15H,3-4,6-8H2,1-2H3. The number of aromatic nitrogens is 1. The fraction of sp³-hybridized carbons (Fsp3) is 0.643. The monoisotopic (exact) mass is 232 g/mol. The summed E-state index contributed by atoms with van der Waals surface area (Å²) in [6, 6.07) is 2.66. The zero-order valence-corrected chi connectivity index (χ0v) is 10.6. The predicted octanol–water partition coefficient (Wildman–Crippen LogP) is 2.30. The van der Waals surface area contributed by atoms with Crippen LogP contribution in [-0.2, 0) is 0 Å². The van der Waals surface area contributed by atoms with Crippen LogP contribution in [0.15, 0.2) is 6.07 Å². The molecule has 0 aromatic carbocycles. The number of nitrogens with one attached hydrogen (secondary N) is 1. The van der Waals surface area contributed by atoms with Crippen molar-refractivity contribution in [3.63, 3.8) is 0 Å². The molecule has 2 atom stereocenters. The second-order valence-electron chi connectivity index (χ2n) is 5.68. The van der Waals surface area contributed by atoms with Gasteiger partial charge in [-0.2, -0.15) is 0 Å². The number of hydrogen-bond acceptors (Lipinski definition) is 2. The summed E-state index contributed by atoms with van der Waals surface area (Å²) in [4.78, 5) is 17.8. The number of fused-ring (bicyclic) bond motifs is 2. The number of hydrogen-bond donors (Lipinski definition) is 1. The quantitative estimate of drug-likeness (QED) is 0.812. The minimum atomic E-state index is 0.277. The molecule has 2 bridgehead atoms.